The zero-order valence-electron chi connectivity index (χ0n) is 30.4. The molecule has 254 valence electrons. The van der Waals surface area contributed by atoms with Gasteiger partial charge < -0.3 is 4.90 Å². The average Bonchev–Trinajstić information content (AvgIpc) is 3.42. The minimum Gasteiger partial charge on any atom is -0.345 e. The van der Waals surface area contributed by atoms with Crippen LogP contribution >= 0.6 is 0 Å². The van der Waals surface area contributed by atoms with Crippen LogP contribution in [0.2, 0.25) is 0 Å². The lowest BCUT2D eigenvalue weighted by atomic mass is 10.1. The fourth-order valence-electron chi connectivity index (χ4n) is 4.33. The van der Waals surface area contributed by atoms with Gasteiger partial charge in [0.1, 0.15) is 5.82 Å². The summed E-state index contributed by atoms with van der Waals surface area (Å²) in [4.78, 5) is 9.06. The molecular weight excluding hydrogens is 595 g/mol. The molecule has 0 saturated heterocycles. The number of hydrogen-bond acceptors (Lipinski definition) is 3. The maximum atomic E-state index is 4.77. The first-order valence-corrected chi connectivity index (χ1v) is 17.0. The number of benzene rings is 2. The first-order valence-electron chi connectivity index (χ1n) is 17.0. The van der Waals surface area contributed by atoms with Gasteiger partial charge in [-0.05, 0) is 73.2 Å². The second-order valence-electron chi connectivity index (χ2n) is 9.85. The van der Waals surface area contributed by atoms with E-state index in [1.54, 1.807) is 12.2 Å². The summed E-state index contributed by atoms with van der Waals surface area (Å²) in [5.74, 6) is 1.07. The van der Waals surface area contributed by atoms with Crippen LogP contribution in [0.1, 0.15) is 40.2 Å². The first-order chi connectivity index (χ1) is 24.1. The summed E-state index contributed by atoms with van der Waals surface area (Å²) in [5, 5.41) is 0. The van der Waals surface area contributed by atoms with E-state index < -0.39 is 0 Å². The molecule has 1 heterocycles. The predicted octanol–water partition coefficient (Wildman–Crippen LogP) is 13.2. The van der Waals surface area contributed by atoms with Crippen molar-refractivity contribution in [3.8, 4) is 0 Å². The van der Waals surface area contributed by atoms with Gasteiger partial charge in [-0.2, -0.15) is 0 Å². The van der Waals surface area contributed by atoms with E-state index in [-0.39, 0.29) is 5.92 Å². The molecule has 49 heavy (non-hydrogen) atoms. The number of aromatic nitrogens is 1. The van der Waals surface area contributed by atoms with Crippen LogP contribution in [0.3, 0.4) is 0 Å². The Labute approximate surface area is 297 Å². The van der Waals surface area contributed by atoms with E-state index in [1.165, 1.54) is 5.69 Å². The molecule has 0 bridgehead atoms. The molecule has 0 aliphatic heterocycles. The highest BCUT2D eigenvalue weighted by molar-refractivity contribution is 5.68. The summed E-state index contributed by atoms with van der Waals surface area (Å²) in [5.41, 5.74) is 5.34. The highest BCUT2D eigenvalue weighted by Crippen LogP contribution is 2.29. The van der Waals surface area contributed by atoms with E-state index in [4.69, 9.17) is 4.98 Å². The molecule has 0 N–H and O–H groups in total. The van der Waals surface area contributed by atoms with E-state index >= 15 is 0 Å². The Morgan fingerprint density at radius 3 is 1.92 bits per heavy atom. The Morgan fingerprint density at radius 1 is 0.735 bits per heavy atom. The maximum absolute atomic E-state index is 4.77. The van der Waals surface area contributed by atoms with Crippen molar-refractivity contribution in [2.45, 2.75) is 34.6 Å². The fraction of sp³-hybridized carbons (Fsp3) is 0.152. The summed E-state index contributed by atoms with van der Waals surface area (Å²) in [7, 11) is 2.09. The summed E-state index contributed by atoms with van der Waals surface area (Å²) >= 11 is 0. The van der Waals surface area contributed by atoms with Gasteiger partial charge in [0.25, 0.3) is 0 Å². The molecule has 3 heteroatoms. The lowest BCUT2D eigenvalue weighted by Gasteiger charge is -2.25. The third kappa shape index (κ3) is 15.2. The Hall–Kier alpha value is -5.67. The Kier molecular flexibility index (Phi) is 22.3. The van der Waals surface area contributed by atoms with Crippen molar-refractivity contribution < 1.29 is 0 Å². The van der Waals surface area contributed by atoms with Crippen LogP contribution in [0.4, 0.5) is 17.2 Å². The molecule has 1 aromatic heterocycles. The predicted molar refractivity (Wildman–Crippen MR) is 221 cm³/mol. The highest BCUT2D eigenvalue weighted by atomic mass is 15.2. The number of allylic oxidation sites excluding steroid dienone is 16. The third-order valence-corrected chi connectivity index (χ3v) is 6.68. The molecule has 2 aromatic carbocycles. The lowest BCUT2D eigenvalue weighted by molar-refractivity contribution is 1.06. The van der Waals surface area contributed by atoms with E-state index in [0.717, 1.165) is 28.5 Å². The molecule has 1 aliphatic carbocycles. The fourth-order valence-corrected chi connectivity index (χ4v) is 4.33. The topological polar surface area (TPSA) is 19.4 Å². The minimum atomic E-state index is 0.230. The molecule has 0 spiro atoms. The SMILES string of the molecule is C=C/C(=C\C=C/C)N(c1ccccc1)c1ccc(C=CC=CC2C=CC=C(N(C)c3ccccc3)C=C2)cn1.C=C/C=C\C=C.CC.CC. The Balaban J connectivity index is 0.00000107. The number of anilines is 3. The van der Waals surface area contributed by atoms with Gasteiger partial charge in [0, 0.05) is 41.9 Å². The van der Waals surface area contributed by atoms with Crippen LogP contribution in [0, 0.1) is 5.92 Å². The molecule has 0 saturated carbocycles. The van der Waals surface area contributed by atoms with Gasteiger partial charge in [0.05, 0.1) is 0 Å². The largest absolute Gasteiger partial charge is 0.345 e. The van der Waals surface area contributed by atoms with Crippen LogP contribution in [0.25, 0.3) is 6.08 Å². The lowest BCUT2D eigenvalue weighted by Crippen LogP contribution is -2.16. The molecule has 3 aromatic rings. The third-order valence-electron chi connectivity index (χ3n) is 6.68. The molecule has 1 atom stereocenters. The van der Waals surface area contributed by atoms with Gasteiger partial charge in [-0.25, -0.2) is 4.98 Å². The van der Waals surface area contributed by atoms with Gasteiger partial charge in [-0.3, -0.25) is 4.90 Å². The number of hydrogen-bond donors (Lipinski definition) is 0. The van der Waals surface area contributed by atoms with Gasteiger partial charge in [-0.15, -0.1) is 0 Å². The molecule has 1 unspecified atom stereocenters. The Bertz CT molecular complexity index is 1590. The van der Waals surface area contributed by atoms with Crippen LogP contribution in [0.5, 0.6) is 0 Å². The van der Waals surface area contributed by atoms with Crippen molar-refractivity contribution in [3.63, 3.8) is 0 Å². The van der Waals surface area contributed by atoms with Crippen molar-refractivity contribution in [1.29, 1.82) is 0 Å². The quantitative estimate of drug-likeness (QED) is 0.182. The molecule has 1 aliphatic rings. The standard InChI is InChI=1S/C36H35N3.C6H8.2C2H6/c1-4-6-19-32(5-2)39(35-22-11-8-12-23-35)36-28-26-31(29-37-36)17-14-13-16-30-18-15-24-34(27-25-30)38(3)33-20-9-7-10-21-33;1-3-5-6-4-2;2*1-2/h4-30H,2H2,1,3H3;3-6H,1-2H2;2*1-2H3/b6-4-,16-13?,17-14?,32-19+;6-5-;;. The first kappa shape index (κ1) is 41.4. The van der Waals surface area contributed by atoms with Crippen LogP contribution in [-0.4, -0.2) is 12.0 Å². The molecule has 3 nitrogen and oxygen atoms in total. The van der Waals surface area contributed by atoms with E-state index in [0.29, 0.717) is 0 Å². The second-order valence-corrected chi connectivity index (χ2v) is 9.85. The molecule has 0 fully saturated rings. The van der Waals surface area contributed by atoms with Gasteiger partial charge in [0.15, 0.2) is 0 Å². The molecule has 4 rings (SSSR count). The number of pyridine rings is 1. The Morgan fingerprint density at radius 2 is 1.37 bits per heavy atom. The summed E-state index contributed by atoms with van der Waals surface area (Å²) in [6.07, 6.45) is 36.1. The molecular formula is C46H55N3. The van der Waals surface area contributed by atoms with E-state index in [2.05, 4.69) is 134 Å². The van der Waals surface area contributed by atoms with E-state index in [1.807, 2.05) is 108 Å². The van der Waals surface area contributed by atoms with Crippen LogP contribution in [0.15, 0.2) is 207 Å². The van der Waals surface area contributed by atoms with Crippen LogP contribution in [-0.2, 0) is 0 Å². The van der Waals surface area contributed by atoms with Crippen molar-refractivity contribution in [2.75, 3.05) is 16.8 Å². The summed E-state index contributed by atoms with van der Waals surface area (Å²) < 4.78 is 0. The number of rotatable bonds is 12. The summed E-state index contributed by atoms with van der Waals surface area (Å²) in [6.45, 7) is 20.9. The second kappa shape index (κ2) is 26.4. The normalized spacial score (nSPS) is 13.7. The van der Waals surface area contributed by atoms with E-state index in [9.17, 15) is 0 Å². The van der Waals surface area contributed by atoms with Crippen molar-refractivity contribution in [3.05, 3.63) is 213 Å². The maximum Gasteiger partial charge on any atom is 0.137 e. The smallest absolute Gasteiger partial charge is 0.137 e. The monoisotopic (exact) mass is 649 g/mol. The van der Waals surface area contributed by atoms with Gasteiger partial charge in [0.2, 0.25) is 0 Å². The average molecular weight is 650 g/mol. The number of likely N-dealkylation sites (N-methyl/N-ethyl adjacent to an activating group) is 1. The molecule has 0 amide bonds. The summed E-state index contributed by atoms with van der Waals surface area (Å²) in [6, 6.07) is 24.7. The van der Waals surface area contributed by atoms with Gasteiger partial charge in [-0.1, -0.05) is 163 Å². The molecule has 0 radical (unpaired) electrons. The van der Waals surface area contributed by atoms with Crippen molar-refractivity contribution in [1.82, 2.24) is 4.98 Å². The zero-order valence-corrected chi connectivity index (χ0v) is 30.4. The van der Waals surface area contributed by atoms with Gasteiger partial charge >= 0.3 is 0 Å². The van der Waals surface area contributed by atoms with Crippen molar-refractivity contribution >= 4 is 23.3 Å². The van der Waals surface area contributed by atoms with Crippen molar-refractivity contribution in [2.24, 2.45) is 5.92 Å². The minimum absolute atomic E-state index is 0.230. The number of nitrogens with zero attached hydrogens (tertiary/aromatic N) is 3. The zero-order chi connectivity index (χ0) is 36.1. The number of para-hydroxylation sites is 2. The highest BCUT2D eigenvalue weighted by Gasteiger charge is 2.13. The van der Waals surface area contributed by atoms with Crippen LogP contribution < -0.4 is 9.80 Å².